The van der Waals surface area contributed by atoms with Crippen LogP contribution in [0.5, 0.6) is 5.75 Å². The molecule has 4 heterocycles. The standard InChI is InChI=1S/C30H37ClFN5O5/c1-17-18(2)36(12-10-34(17)6)27-23-26(24(31)25(33-27)22-19(15-38)8-7-9-21(22)32)41-16-20-14-35(11-13-37(20)28(23)39)29(40)42-30(3,4)5/h7-9,15,17-18,20H,10-14,16H2,1-6H3/t17?,18?,20-/m1/s1. The van der Waals surface area contributed by atoms with E-state index in [2.05, 4.69) is 11.8 Å². The maximum atomic E-state index is 15.3. The fraction of sp³-hybridized carbons (Fsp3) is 0.533. The van der Waals surface area contributed by atoms with E-state index in [1.54, 1.807) is 30.6 Å². The zero-order chi connectivity index (χ0) is 30.5. The van der Waals surface area contributed by atoms with Gasteiger partial charge in [-0.2, -0.15) is 0 Å². The molecular formula is C30H37ClFN5O5. The van der Waals surface area contributed by atoms with Gasteiger partial charge < -0.3 is 24.2 Å². The molecule has 226 valence electrons. The summed E-state index contributed by atoms with van der Waals surface area (Å²) in [6.07, 6.45) is 0.0973. The molecule has 0 aliphatic carbocycles. The molecule has 0 N–H and O–H groups in total. The van der Waals surface area contributed by atoms with Gasteiger partial charge in [-0.05, 0) is 47.7 Å². The van der Waals surface area contributed by atoms with Gasteiger partial charge in [-0.25, -0.2) is 14.2 Å². The van der Waals surface area contributed by atoms with Crippen LogP contribution in [0.15, 0.2) is 18.2 Å². The van der Waals surface area contributed by atoms with Crippen molar-refractivity contribution in [1.82, 2.24) is 19.7 Å². The van der Waals surface area contributed by atoms with Crippen molar-refractivity contribution in [2.45, 2.75) is 58.3 Å². The van der Waals surface area contributed by atoms with Crippen LogP contribution in [0, 0.1) is 5.82 Å². The Kier molecular flexibility index (Phi) is 8.10. The molecule has 0 saturated carbocycles. The third-order valence-electron chi connectivity index (χ3n) is 8.37. The largest absolute Gasteiger partial charge is 0.489 e. The molecule has 2 aromatic rings. The zero-order valence-corrected chi connectivity index (χ0v) is 25.6. The van der Waals surface area contributed by atoms with E-state index in [0.29, 0.717) is 31.7 Å². The van der Waals surface area contributed by atoms with Crippen LogP contribution in [0.3, 0.4) is 0 Å². The number of piperazine rings is 2. The van der Waals surface area contributed by atoms with Crippen molar-refractivity contribution in [2.24, 2.45) is 0 Å². The van der Waals surface area contributed by atoms with E-state index >= 15 is 4.39 Å². The Hall–Kier alpha value is -3.44. The number of ether oxygens (including phenoxy) is 2. The first-order valence-electron chi connectivity index (χ1n) is 14.2. The number of hydrogen-bond acceptors (Lipinski definition) is 8. The molecule has 0 bridgehead atoms. The monoisotopic (exact) mass is 601 g/mol. The van der Waals surface area contributed by atoms with E-state index in [1.165, 1.54) is 18.2 Å². The first-order valence-corrected chi connectivity index (χ1v) is 14.6. The summed E-state index contributed by atoms with van der Waals surface area (Å²) in [5.41, 5.74) is -0.392. The van der Waals surface area contributed by atoms with Crippen molar-refractivity contribution in [3.05, 3.63) is 40.2 Å². The molecule has 1 aromatic carbocycles. The number of halogens is 2. The number of fused-ring (bicyclic) bond motifs is 2. The van der Waals surface area contributed by atoms with Crippen LogP contribution in [0.2, 0.25) is 5.02 Å². The molecule has 3 aliphatic heterocycles. The number of pyridine rings is 1. The average molecular weight is 602 g/mol. The molecule has 3 aliphatic rings. The van der Waals surface area contributed by atoms with Crippen LogP contribution in [-0.4, -0.2) is 108 Å². The van der Waals surface area contributed by atoms with Crippen LogP contribution in [0.1, 0.15) is 55.3 Å². The Balaban J connectivity index is 1.62. The number of carbonyl (C=O) groups is 3. The minimum Gasteiger partial charge on any atom is -0.489 e. The Morgan fingerprint density at radius 1 is 1.12 bits per heavy atom. The van der Waals surface area contributed by atoms with E-state index in [1.807, 2.05) is 18.9 Å². The van der Waals surface area contributed by atoms with Gasteiger partial charge in [0, 0.05) is 55.9 Å². The van der Waals surface area contributed by atoms with Gasteiger partial charge in [-0.3, -0.25) is 14.5 Å². The Morgan fingerprint density at radius 3 is 2.52 bits per heavy atom. The van der Waals surface area contributed by atoms with Gasteiger partial charge >= 0.3 is 6.09 Å². The lowest BCUT2D eigenvalue weighted by Gasteiger charge is -2.45. The summed E-state index contributed by atoms with van der Waals surface area (Å²) < 4.78 is 27.1. The van der Waals surface area contributed by atoms with E-state index in [9.17, 15) is 14.4 Å². The number of rotatable bonds is 3. The fourth-order valence-corrected chi connectivity index (χ4v) is 6.09. The molecule has 3 atom stereocenters. The number of carbonyl (C=O) groups excluding carboxylic acids is 3. The molecule has 2 unspecified atom stereocenters. The van der Waals surface area contributed by atoms with Crippen molar-refractivity contribution in [2.75, 3.05) is 51.3 Å². The van der Waals surface area contributed by atoms with E-state index in [4.69, 9.17) is 26.1 Å². The highest BCUT2D eigenvalue weighted by molar-refractivity contribution is 6.35. The van der Waals surface area contributed by atoms with Crippen molar-refractivity contribution in [3.63, 3.8) is 0 Å². The average Bonchev–Trinajstić information content (AvgIpc) is 3.08. The van der Waals surface area contributed by atoms with Gasteiger partial charge in [-0.1, -0.05) is 23.7 Å². The van der Waals surface area contributed by atoms with E-state index < -0.39 is 23.6 Å². The summed E-state index contributed by atoms with van der Waals surface area (Å²) in [5, 5.41) is -0.0472. The highest BCUT2D eigenvalue weighted by Crippen LogP contribution is 2.45. The predicted octanol–water partition coefficient (Wildman–Crippen LogP) is 4.34. The van der Waals surface area contributed by atoms with Gasteiger partial charge in [0.1, 0.15) is 34.4 Å². The minimum atomic E-state index is -0.662. The molecule has 0 radical (unpaired) electrons. The third-order valence-corrected chi connectivity index (χ3v) is 8.72. The molecule has 42 heavy (non-hydrogen) atoms. The second-order valence-electron chi connectivity index (χ2n) is 12.2. The van der Waals surface area contributed by atoms with Gasteiger partial charge in [0.25, 0.3) is 5.91 Å². The molecule has 1 aromatic heterocycles. The molecular weight excluding hydrogens is 565 g/mol. The topological polar surface area (TPSA) is 95.5 Å². The van der Waals surface area contributed by atoms with Crippen molar-refractivity contribution >= 4 is 35.7 Å². The van der Waals surface area contributed by atoms with Crippen LogP contribution in [0.4, 0.5) is 15.0 Å². The number of aldehydes is 1. The summed E-state index contributed by atoms with van der Waals surface area (Å²) in [7, 11) is 2.04. The van der Waals surface area contributed by atoms with E-state index in [0.717, 1.165) is 0 Å². The van der Waals surface area contributed by atoms with Crippen LogP contribution >= 0.6 is 11.6 Å². The number of benzene rings is 1. The normalized spacial score (nSPS) is 23.1. The SMILES string of the molecule is CC1C(C)N(c2nc(-c3c(F)cccc3C=O)c(Cl)c3c2C(=O)N2CCN(C(=O)OC(C)(C)C)C[C@@H]2CO3)CCN1C. The number of anilines is 1. The predicted molar refractivity (Wildman–Crippen MR) is 157 cm³/mol. The highest BCUT2D eigenvalue weighted by atomic mass is 35.5. The number of aromatic nitrogens is 1. The van der Waals surface area contributed by atoms with Crippen molar-refractivity contribution in [1.29, 1.82) is 0 Å². The lowest BCUT2D eigenvalue weighted by Crippen LogP contribution is -2.58. The van der Waals surface area contributed by atoms with Gasteiger partial charge in [0.05, 0.1) is 11.7 Å². The Labute approximate surface area is 250 Å². The molecule has 5 rings (SSSR count). The maximum absolute atomic E-state index is 15.3. The van der Waals surface area contributed by atoms with Crippen molar-refractivity contribution in [3.8, 4) is 17.0 Å². The van der Waals surface area contributed by atoms with Crippen LogP contribution in [-0.2, 0) is 4.74 Å². The summed E-state index contributed by atoms with van der Waals surface area (Å²) >= 11 is 6.90. The Morgan fingerprint density at radius 2 is 1.83 bits per heavy atom. The quantitative estimate of drug-likeness (QED) is 0.480. The summed E-state index contributed by atoms with van der Waals surface area (Å²) in [4.78, 5) is 51.4. The molecule has 0 spiro atoms. The number of hydrogen-bond donors (Lipinski definition) is 0. The minimum absolute atomic E-state index is 0.0347. The second kappa shape index (κ2) is 11.3. The Bertz CT molecular complexity index is 1420. The lowest BCUT2D eigenvalue weighted by atomic mass is 10.00. The van der Waals surface area contributed by atoms with Crippen LogP contribution < -0.4 is 9.64 Å². The highest BCUT2D eigenvalue weighted by Gasteiger charge is 2.43. The smallest absolute Gasteiger partial charge is 0.410 e. The summed E-state index contributed by atoms with van der Waals surface area (Å²) in [6.45, 7) is 11.6. The van der Waals surface area contributed by atoms with E-state index in [-0.39, 0.29) is 70.8 Å². The molecule has 10 nitrogen and oxygen atoms in total. The summed E-state index contributed by atoms with van der Waals surface area (Å²) in [6, 6.07) is 3.77. The van der Waals surface area contributed by atoms with Gasteiger partial charge in [-0.15, -0.1) is 0 Å². The second-order valence-corrected chi connectivity index (χ2v) is 12.5. The maximum Gasteiger partial charge on any atom is 0.410 e. The fourth-order valence-electron chi connectivity index (χ4n) is 5.80. The lowest BCUT2D eigenvalue weighted by molar-refractivity contribution is 0.000949. The van der Waals surface area contributed by atoms with Gasteiger partial charge in [0.2, 0.25) is 0 Å². The molecule has 2 amide bonds. The molecule has 12 heteroatoms. The first-order chi connectivity index (χ1) is 19.8. The van der Waals surface area contributed by atoms with Crippen LogP contribution in [0.25, 0.3) is 11.3 Å². The molecule has 2 saturated heterocycles. The summed E-state index contributed by atoms with van der Waals surface area (Å²) in [5.74, 6) is -0.559. The third kappa shape index (κ3) is 5.40. The number of amides is 2. The zero-order valence-electron chi connectivity index (χ0n) is 24.8. The first kappa shape index (κ1) is 30.0. The van der Waals surface area contributed by atoms with Crippen molar-refractivity contribution < 1.29 is 28.2 Å². The number of likely N-dealkylation sites (N-methyl/N-ethyl adjacent to an activating group) is 1. The van der Waals surface area contributed by atoms with Gasteiger partial charge in [0.15, 0.2) is 12.0 Å². The molecule has 2 fully saturated rings. The number of nitrogens with zero attached hydrogens (tertiary/aromatic N) is 5.